The van der Waals surface area contributed by atoms with E-state index in [0.717, 1.165) is 0 Å². The monoisotopic (exact) mass is 202 g/mol. The molecule has 0 aliphatic carbocycles. The topological polar surface area (TPSA) is 69.1 Å². The van der Waals surface area contributed by atoms with Crippen LogP contribution >= 0.6 is 35.4 Å². The normalized spacial score (nSPS) is 7.40. The van der Waals surface area contributed by atoms with E-state index < -0.39 is 0 Å². The third-order valence-electron chi connectivity index (χ3n) is 0.291. The molecule has 0 unspecified atom stereocenters. The van der Waals surface area contributed by atoms with E-state index in [1.165, 1.54) is 0 Å². The van der Waals surface area contributed by atoms with Crippen LogP contribution in [-0.4, -0.2) is 16.2 Å². The number of carbonyl (C=O) groups excluding carboxylic acids is 1. The molecule has 0 aromatic rings. The van der Waals surface area contributed by atoms with E-state index in [4.69, 9.17) is 23.2 Å². The second-order valence-electron chi connectivity index (χ2n) is 1.20. The van der Waals surface area contributed by atoms with Crippen molar-refractivity contribution >= 4 is 45.8 Å². The van der Waals surface area contributed by atoms with Gasteiger partial charge in [-0.2, -0.15) is 0 Å². The van der Waals surface area contributed by atoms with Crippen molar-refractivity contribution in [2.24, 2.45) is 11.5 Å². The Morgan fingerprint density at radius 1 is 1.50 bits per heavy atom. The summed E-state index contributed by atoms with van der Waals surface area (Å²) in [6, 6.07) is 0. The number of nitrogens with two attached hydrogens (primary N) is 2. The standard InChI is InChI=1S/C3H4Cl2O.CH4N2S/c4-2-1-3(5)6;2-1(3)4/h1-2H2;(H4,2,3,4). The van der Waals surface area contributed by atoms with Gasteiger partial charge in [-0.3, -0.25) is 4.79 Å². The van der Waals surface area contributed by atoms with E-state index >= 15 is 0 Å². The highest BCUT2D eigenvalue weighted by Gasteiger charge is 1.88. The Morgan fingerprint density at radius 2 is 1.80 bits per heavy atom. The van der Waals surface area contributed by atoms with Crippen LogP contribution in [0.1, 0.15) is 6.42 Å². The fraction of sp³-hybridized carbons (Fsp3) is 0.500. The first-order valence-corrected chi connectivity index (χ1v) is 3.62. The predicted octanol–water partition coefficient (Wildman–Crippen LogP) is 0.569. The predicted molar refractivity (Wildman–Crippen MR) is 47.2 cm³/mol. The minimum atomic E-state index is -0.370. The molecule has 0 heterocycles. The molecule has 4 N–H and O–H groups in total. The van der Waals surface area contributed by atoms with E-state index in [-0.39, 0.29) is 16.8 Å². The smallest absolute Gasteiger partial charge is 0.222 e. The lowest BCUT2D eigenvalue weighted by molar-refractivity contribution is -0.111. The number of alkyl halides is 1. The van der Waals surface area contributed by atoms with Crippen molar-refractivity contribution in [2.45, 2.75) is 6.42 Å². The summed E-state index contributed by atoms with van der Waals surface area (Å²) in [5.41, 5.74) is 9.24. The van der Waals surface area contributed by atoms with Gasteiger partial charge in [0.05, 0.1) is 0 Å². The number of thiocarbonyl (C=S) groups is 1. The zero-order chi connectivity index (χ0) is 8.57. The van der Waals surface area contributed by atoms with Crippen LogP contribution in [0.25, 0.3) is 0 Å². The summed E-state index contributed by atoms with van der Waals surface area (Å²) in [6.07, 6.45) is 0.267. The molecule has 0 rings (SSSR count). The fourth-order valence-electron chi connectivity index (χ4n) is 0.0743. The lowest BCUT2D eigenvalue weighted by Gasteiger charge is -1.76. The summed E-state index contributed by atoms with van der Waals surface area (Å²) < 4.78 is 0. The van der Waals surface area contributed by atoms with Gasteiger partial charge in [-0.1, -0.05) is 0 Å². The molecule has 3 nitrogen and oxygen atoms in total. The van der Waals surface area contributed by atoms with Crippen LogP contribution in [0.15, 0.2) is 0 Å². The number of hydrogen-bond acceptors (Lipinski definition) is 2. The molecule has 0 spiro atoms. The molecule has 0 aliphatic heterocycles. The maximum absolute atomic E-state index is 9.72. The number of rotatable bonds is 2. The molecule has 0 atom stereocenters. The molecular formula is C4H8Cl2N2OS. The average molecular weight is 203 g/mol. The van der Waals surface area contributed by atoms with Crippen LogP contribution in [-0.2, 0) is 4.79 Å². The number of carbonyl (C=O) groups is 1. The molecule has 0 aliphatic rings. The lowest BCUT2D eigenvalue weighted by atomic mass is 10.6. The highest BCUT2D eigenvalue weighted by atomic mass is 35.5. The quantitative estimate of drug-likeness (QED) is 0.391. The van der Waals surface area contributed by atoms with Crippen LogP contribution < -0.4 is 11.5 Å². The molecule has 10 heavy (non-hydrogen) atoms. The van der Waals surface area contributed by atoms with Crippen molar-refractivity contribution in [3.63, 3.8) is 0 Å². The Kier molecular flexibility index (Phi) is 11.3. The van der Waals surface area contributed by atoms with Gasteiger partial charge in [-0.15, -0.1) is 11.6 Å². The summed E-state index contributed by atoms with van der Waals surface area (Å²) in [6.45, 7) is 0. The largest absolute Gasteiger partial charge is 0.377 e. The van der Waals surface area contributed by atoms with Gasteiger partial charge in [-0.05, 0) is 23.8 Å². The van der Waals surface area contributed by atoms with Crippen LogP contribution in [0.5, 0.6) is 0 Å². The van der Waals surface area contributed by atoms with E-state index in [2.05, 4.69) is 23.7 Å². The Labute approximate surface area is 74.6 Å². The second-order valence-corrected chi connectivity index (χ2v) is 2.47. The zero-order valence-corrected chi connectivity index (χ0v) is 7.47. The molecule has 0 saturated heterocycles. The van der Waals surface area contributed by atoms with Crippen molar-refractivity contribution in [1.29, 1.82) is 0 Å². The van der Waals surface area contributed by atoms with Crippen molar-refractivity contribution < 1.29 is 4.79 Å². The average Bonchev–Trinajstić information content (AvgIpc) is 1.62. The molecule has 6 heteroatoms. The molecule has 0 aromatic carbocycles. The van der Waals surface area contributed by atoms with Crippen molar-refractivity contribution in [1.82, 2.24) is 0 Å². The molecule has 0 fully saturated rings. The summed E-state index contributed by atoms with van der Waals surface area (Å²) in [7, 11) is 0. The van der Waals surface area contributed by atoms with Crippen molar-refractivity contribution in [3.05, 3.63) is 0 Å². The van der Waals surface area contributed by atoms with E-state index in [0.29, 0.717) is 5.88 Å². The summed E-state index contributed by atoms with van der Waals surface area (Å²) in [4.78, 5) is 9.72. The molecule has 0 amide bonds. The van der Waals surface area contributed by atoms with E-state index in [9.17, 15) is 4.79 Å². The Hall–Kier alpha value is -0.0600. The molecular weight excluding hydrogens is 195 g/mol. The van der Waals surface area contributed by atoms with Crippen molar-refractivity contribution in [2.75, 3.05) is 5.88 Å². The first-order chi connectivity index (χ1) is 4.50. The lowest BCUT2D eigenvalue weighted by Crippen LogP contribution is -2.18. The van der Waals surface area contributed by atoms with E-state index in [1.54, 1.807) is 0 Å². The molecule has 60 valence electrons. The highest BCUT2D eigenvalue weighted by Crippen LogP contribution is 1.88. The minimum absolute atomic E-state index is 0.000000000000000222. The Balaban J connectivity index is 0. The van der Waals surface area contributed by atoms with Gasteiger partial charge < -0.3 is 11.5 Å². The van der Waals surface area contributed by atoms with Gasteiger partial charge in [0, 0.05) is 12.3 Å². The second kappa shape index (κ2) is 8.94. The third kappa shape index (κ3) is 44.2. The molecule has 0 bridgehead atoms. The third-order valence-corrected chi connectivity index (χ3v) is 0.669. The maximum atomic E-state index is 9.72. The van der Waals surface area contributed by atoms with Crippen LogP contribution in [0.4, 0.5) is 0 Å². The summed E-state index contributed by atoms with van der Waals surface area (Å²) in [5, 5.41) is -0.370. The molecule has 0 saturated carbocycles. The number of hydrogen-bond donors (Lipinski definition) is 2. The fourth-order valence-corrected chi connectivity index (χ4v) is 0.437. The minimum Gasteiger partial charge on any atom is -0.377 e. The van der Waals surface area contributed by atoms with Crippen LogP contribution in [0.3, 0.4) is 0 Å². The van der Waals surface area contributed by atoms with Crippen LogP contribution in [0.2, 0.25) is 0 Å². The molecule has 0 aromatic heterocycles. The molecule has 0 radical (unpaired) electrons. The van der Waals surface area contributed by atoms with Crippen LogP contribution in [0, 0.1) is 0 Å². The van der Waals surface area contributed by atoms with Gasteiger partial charge >= 0.3 is 0 Å². The Bertz CT molecular complexity index is 116. The SMILES string of the molecule is NC(N)=S.O=C(Cl)CCCl. The maximum Gasteiger partial charge on any atom is 0.222 e. The Morgan fingerprint density at radius 3 is 1.80 bits per heavy atom. The van der Waals surface area contributed by atoms with Gasteiger partial charge in [0.15, 0.2) is 5.11 Å². The first kappa shape index (κ1) is 12.6. The highest BCUT2D eigenvalue weighted by molar-refractivity contribution is 7.80. The van der Waals surface area contributed by atoms with Gasteiger partial charge in [0.25, 0.3) is 0 Å². The van der Waals surface area contributed by atoms with Gasteiger partial charge in [0.2, 0.25) is 5.24 Å². The zero-order valence-electron chi connectivity index (χ0n) is 5.14. The summed E-state index contributed by atoms with van der Waals surface area (Å²) >= 11 is 14.0. The first-order valence-electron chi connectivity index (χ1n) is 2.30. The van der Waals surface area contributed by atoms with Crippen molar-refractivity contribution in [3.8, 4) is 0 Å². The van der Waals surface area contributed by atoms with Gasteiger partial charge in [-0.25, -0.2) is 0 Å². The van der Waals surface area contributed by atoms with Gasteiger partial charge in [0.1, 0.15) is 0 Å². The van der Waals surface area contributed by atoms with E-state index in [1.807, 2.05) is 0 Å². The summed E-state index contributed by atoms with van der Waals surface area (Å²) in [5.74, 6) is 0.322. The number of halogens is 2.